The van der Waals surface area contributed by atoms with Crippen LogP contribution in [-0.4, -0.2) is 39.8 Å². The highest BCUT2D eigenvalue weighted by Gasteiger charge is 2.14. The SMILES string of the molecule is NC(=O)CN(CC(N)=O)Cc1nc2ccc(N)cc2[nH]1. The third-order valence-corrected chi connectivity index (χ3v) is 2.69. The molecule has 8 heteroatoms. The van der Waals surface area contributed by atoms with Gasteiger partial charge in [0.15, 0.2) is 0 Å². The lowest BCUT2D eigenvalue weighted by Gasteiger charge is -2.17. The van der Waals surface area contributed by atoms with E-state index >= 15 is 0 Å². The molecule has 0 aliphatic rings. The van der Waals surface area contributed by atoms with Crippen molar-refractivity contribution < 1.29 is 9.59 Å². The third-order valence-electron chi connectivity index (χ3n) is 2.69. The van der Waals surface area contributed by atoms with Crippen molar-refractivity contribution in [1.82, 2.24) is 14.9 Å². The van der Waals surface area contributed by atoms with Crippen LogP contribution in [0.4, 0.5) is 5.69 Å². The number of primary amides is 2. The monoisotopic (exact) mass is 276 g/mol. The summed E-state index contributed by atoms with van der Waals surface area (Å²) >= 11 is 0. The summed E-state index contributed by atoms with van der Waals surface area (Å²) in [6.07, 6.45) is 0. The van der Waals surface area contributed by atoms with Crippen molar-refractivity contribution >= 4 is 28.5 Å². The van der Waals surface area contributed by atoms with Gasteiger partial charge in [-0.15, -0.1) is 0 Å². The van der Waals surface area contributed by atoms with Crippen LogP contribution in [0.25, 0.3) is 11.0 Å². The second kappa shape index (κ2) is 5.57. The van der Waals surface area contributed by atoms with Crippen LogP contribution in [0.5, 0.6) is 0 Å². The lowest BCUT2D eigenvalue weighted by Crippen LogP contribution is -2.39. The molecule has 0 radical (unpaired) electrons. The van der Waals surface area contributed by atoms with E-state index in [2.05, 4.69) is 9.97 Å². The van der Waals surface area contributed by atoms with Crippen molar-refractivity contribution in [2.24, 2.45) is 11.5 Å². The van der Waals surface area contributed by atoms with Crippen molar-refractivity contribution in [3.63, 3.8) is 0 Å². The van der Waals surface area contributed by atoms with Gasteiger partial charge >= 0.3 is 0 Å². The lowest BCUT2D eigenvalue weighted by atomic mass is 10.3. The van der Waals surface area contributed by atoms with Crippen molar-refractivity contribution in [3.05, 3.63) is 24.0 Å². The number of carbonyl (C=O) groups is 2. The number of nitrogen functional groups attached to an aromatic ring is 1. The van der Waals surface area contributed by atoms with E-state index in [-0.39, 0.29) is 19.6 Å². The van der Waals surface area contributed by atoms with Crippen LogP contribution in [0.1, 0.15) is 5.82 Å². The van der Waals surface area contributed by atoms with Gasteiger partial charge in [-0.25, -0.2) is 4.98 Å². The summed E-state index contributed by atoms with van der Waals surface area (Å²) in [4.78, 5) is 30.9. The van der Waals surface area contributed by atoms with Gasteiger partial charge in [-0.05, 0) is 18.2 Å². The molecule has 0 spiro atoms. The fourth-order valence-corrected chi connectivity index (χ4v) is 1.98. The Morgan fingerprint density at radius 3 is 2.45 bits per heavy atom. The number of anilines is 1. The van der Waals surface area contributed by atoms with E-state index < -0.39 is 11.8 Å². The van der Waals surface area contributed by atoms with Gasteiger partial charge in [0.25, 0.3) is 0 Å². The summed E-state index contributed by atoms with van der Waals surface area (Å²) in [7, 11) is 0. The molecular formula is C12H16N6O2. The highest BCUT2D eigenvalue weighted by atomic mass is 16.2. The Kier molecular flexibility index (Phi) is 3.85. The molecule has 0 atom stereocenters. The highest BCUT2D eigenvalue weighted by Crippen LogP contribution is 2.15. The number of aromatic amines is 1. The maximum Gasteiger partial charge on any atom is 0.231 e. The van der Waals surface area contributed by atoms with Gasteiger partial charge in [0.05, 0.1) is 30.7 Å². The van der Waals surface area contributed by atoms with Gasteiger partial charge in [0, 0.05) is 5.69 Å². The van der Waals surface area contributed by atoms with Crippen LogP contribution < -0.4 is 17.2 Å². The van der Waals surface area contributed by atoms with Crippen LogP contribution in [0.3, 0.4) is 0 Å². The molecule has 0 fully saturated rings. The second-order valence-electron chi connectivity index (χ2n) is 4.54. The minimum Gasteiger partial charge on any atom is -0.399 e. The standard InChI is InChI=1S/C12H16N6O2/c13-7-1-2-8-9(3-7)17-12(16-8)6-18(4-10(14)19)5-11(15)20/h1-3H,4-6,13H2,(H2,14,19)(H2,15,20)(H,16,17). The molecule has 1 heterocycles. The first-order chi connectivity index (χ1) is 9.44. The zero-order valence-corrected chi connectivity index (χ0v) is 10.8. The highest BCUT2D eigenvalue weighted by molar-refractivity contribution is 5.80. The summed E-state index contributed by atoms with van der Waals surface area (Å²) in [6.45, 7) is 0.130. The number of H-pyrrole nitrogens is 1. The van der Waals surface area contributed by atoms with E-state index in [9.17, 15) is 9.59 Å². The molecule has 0 aliphatic carbocycles. The smallest absolute Gasteiger partial charge is 0.231 e. The van der Waals surface area contributed by atoms with E-state index in [1.165, 1.54) is 4.90 Å². The van der Waals surface area contributed by atoms with Crippen LogP contribution in [0.15, 0.2) is 18.2 Å². The zero-order valence-electron chi connectivity index (χ0n) is 10.8. The first kappa shape index (κ1) is 13.8. The number of carbonyl (C=O) groups excluding carboxylic acids is 2. The van der Waals surface area contributed by atoms with E-state index in [1.54, 1.807) is 18.2 Å². The number of hydrogen-bond donors (Lipinski definition) is 4. The normalized spacial score (nSPS) is 11.1. The van der Waals surface area contributed by atoms with E-state index in [4.69, 9.17) is 17.2 Å². The molecule has 2 rings (SSSR count). The van der Waals surface area contributed by atoms with Gasteiger partial charge in [-0.1, -0.05) is 0 Å². The van der Waals surface area contributed by atoms with Gasteiger partial charge in [-0.2, -0.15) is 0 Å². The number of aromatic nitrogens is 2. The number of nitrogens with two attached hydrogens (primary N) is 3. The molecule has 7 N–H and O–H groups in total. The Balaban J connectivity index is 2.18. The molecule has 0 aliphatic heterocycles. The van der Waals surface area contributed by atoms with Gasteiger partial charge in [0.1, 0.15) is 5.82 Å². The molecular weight excluding hydrogens is 260 g/mol. The second-order valence-corrected chi connectivity index (χ2v) is 4.54. The summed E-state index contributed by atoms with van der Waals surface area (Å²) in [5.74, 6) is -0.466. The number of imidazole rings is 1. The Bertz CT molecular complexity index is 634. The summed E-state index contributed by atoms with van der Waals surface area (Å²) < 4.78 is 0. The number of rotatable bonds is 6. The van der Waals surface area contributed by atoms with E-state index in [1.807, 2.05) is 0 Å². The summed E-state index contributed by atoms with van der Waals surface area (Å²) in [5, 5.41) is 0. The average molecular weight is 276 g/mol. The molecule has 2 aromatic rings. The first-order valence-corrected chi connectivity index (χ1v) is 5.97. The van der Waals surface area contributed by atoms with Crippen molar-refractivity contribution in [2.45, 2.75) is 6.54 Å². The Labute approximate surface area is 114 Å². The zero-order chi connectivity index (χ0) is 14.7. The molecule has 1 aromatic carbocycles. The largest absolute Gasteiger partial charge is 0.399 e. The average Bonchev–Trinajstić information content (AvgIpc) is 2.68. The van der Waals surface area contributed by atoms with Gasteiger partial charge < -0.3 is 22.2 Å². The number of fused-ring (bicyclic) bond motifs is 1. The maximum absolute atomic E-state index is 11.0. The predicted octanol–water partition coefficient (Wildman–Crippen LogP) is -1.08. The van der Waals surface area contributed by atoms with Crippen LogP contribution in [0, 0.1) is 0 Å². The van der Waals surface area contributed by atoms with Crippen molar-refractivity contribution in [3.8, 4) is 0 Å². The third kappa shape index (κ3) is 3.45. The number of benzene rings is 1. The lowest BCUT2D eigenvalue weighted by molar-refractivity contribution is -0.122. The quantitative estimate of drug-likeness (QED) is 0.496. The number of amides is 2. The number of nitrogens with one attached hydrogen (secondary N) is 1. The minimum absolute atomic E-state index is 0.0673. The van der Waals surface area contributed by atoms with Gasteiger partial charge in [0.2, 0.25) is 11.8 Å². The Hall–Kier alpha value is -2.61. The summed E-state index contributed by atoms with van der Waals surface area (Å²) in [6, 6.07) is 5.30. The fraction of sp³-hybridized carbons (Fsp3) is 0.250. The molecule has 0 unspecified atom stereocenters. The summed E-state index contributed by atoms with van der Waals surface area (Å²) in [5.41, 5.74) is 18.1. The Morgan fingerprint density at radius 2 is 1.85 bits per heavy atom. The van der Waals surface area contributed by atoms with Gasteiger partial charge in [-0.3, -0.25) is 14.5 Å². The molecule has 20 heavy (non-hydrogen) atoms. The van der Waals surface area contributed by atoms with E-state index in [0.717, 1.165) is 11.0 Å². The van der Waals surface area contributed by atoms with Crippen molar-refractivity contribution in [1.29, 1.82) is 0 Å². The first-order valence-electron chi connectivity index (χ1n) is 5.97. The maximum atomic E-state index is 11.0. The van der Waals surface area contributed by atoms with Crippen LogP contribution in [-0.2, 0) is 16.1 Å². The van der Waals surface area contributed by atoms with Crippen molar-refractivity contribution in [2.75, 3.05) is 18.8 Å². The number of hydrogen-bond acceptors (Lipinski definition) is 5. The molecule has 106 valence electrons. The van der Waals surface area contributed by atoms with E-state index in [0.29, 0.717) is 11.5 Å². The Morgan fingerprint density at radius 1 is 1.20 bits per heavy atom. The fourth-order valence-electron chi connectivity index (χ4n) is 1.98. The molecule has 2 amide bonds. The topological polar surface area (TPSA) is 144 Å². The molecule has 1 aromatic heterocycles. The van der Waals surface area contributed by atoms with Crippen LogP contribution in [0.2, 0.25) is 0 Å². The molecule has 0 saturated heterocycles. The molecule has 0 bridgehead atoms. The molecule has 8 nitrogen and oxygen atoms in total. The molecule has 0 saturated carbocycles. The minimum atomic E-state index is -0.536. The predicted molar refractivity (Wildman–Crippen MR) is 74.2 cm³/mol. The number of nitrogens with zero attached hydrogens (tertiary/aromatic N) is 2. The van der Waals surface area contributed by atoms with Crippen LogP contribution >= 0.6 is 0 Å².